The summed E-state index contributed by atoms with van der Waals surface area (Å²) in [5.41, 5.74) is 0.182. The molecule has 1 N–H and O–H groups in total. The molecule has 1 aromatic carbocycles. The van der Waals surface area contributed by atoms with Crippen molar-refractivity contribution in [2.24, 2.45) is 0 Å². The van der Waals surface area contributed by atoms with Gasteiger partial charge in [0, 0.05) is 11.9 Å². The number of alkyl halides is 3. The van der Waals surface area contributed by atoms with Gasteiger partial charge in [-0.05, 0) is 24.3 Å². The zero-order valence-corrected chi connectivity index (χ0v) is 17.0. The van der Waals surface area contributed by atoms with Crippen molar-refractivity contribution in [3.8, 4) is 0 Å². The second-order valence-electron chi connectivity index (χ2n) is 5.27. The summed E-state index contributed by atoms with van der Waals surface area (Å²) in [6.07, 6.45) is -4.35. The maximum atomic E-state index is 12.4. The molecule has 0 aliphatic heterocycles. The summed E-state index contributed by atoms with van der Waals surface area (Å²) in [5, 5.41) is 2.45. The first-order valence-corrected chi connectivity index (χ1v) is 10.9. The first-order valence-electron chi connectivity index (χ1n) is 7.29. The molecule has 0 spiro atoms. The lowest BCUT2D eigenvalue weighted by Crippen LogP contribution is -2.34. The SMILES string of the molecule is CN(CC(=O)Nc1ccccc1SCC(F)(F)F)S(=O)(=O)c1ccc(Cl)s1. The maximum absolute atomic E-state index is 12.4. The average molecular weight is 459 g/mol. The van der Waals surface area contributed by atoms with E-state index >= 15 is 0 Å². The Morgan fingerprint density at radius 2 is 1.93 bits per heavy atom. The number of nitrogens with one attached hydrogen (secondary N) is 1. The van der Waals surface area contributed by atoms with Crippen LogP contribution in [0.1, 0.15) is 0 Å². The summed E-state index contributed by atoms with van der Waals surface area (Å²) in [5.74, 6) is -1.78. The molecule has 12 heteroatoms. The summed E-state index contributed by atoms with van der Waals surface area (Å²) >= 11 is 7.13. The number of likely N-dealkylation sites (N-methyl/N-ethyl adjacent to an activating group) is 1. The number of carbonyl (C=O) groups excluding carboxylic acids is 1. The van der Waals surface area contributed by atoms with E-state index in [1.54, 1.807) is 12.1 Å². The lowest BCUT2D eigenvalue weighted by atomic mass is 10.3. The minimum atomic E-state index is -4.35. The minimum absolute atomic E-state index is 0.0102. The van der Waals surface area contributed by atoms with Crippen LogP contribution < -0.4 is 5.32 Å². The van der Waals surface area contributed by atoms with Crippen LogP contribution in [0.5, 0.6) is 0 Å². The Kier molecular flexibility index (Phi) is 7.20. The summed E-state index contributed by atoms with van der Waals surface area (Å²) in [7, 11) is -2.66. The van der Waals surface area contributed by atoms with Crippen molar-refractivity contribution in [3.63, 3.8) is 0 Å². The van der Waals surface area contributed by atoms with Gasteiger partial charge in [-0.1, -0.05) is 23.7 Å². The zero-order valence-electron chi connectivity index (χ0n) is 13.8. The topological polar surface area (TPSA) is 66.5 Å². The van der Waals surface area contributed by atoms with Gasteiger partial charge in [-0.25, -0.2) is 8.42 Å². The van der Waals surface area contributed by atoms with Gasteiger partial charge in [-0.3, -0.25) is 4.79 Å². The van der Waals surface area contributed by atoms with Crippen molar-refractivity contribution < 1.29 is 26.4 Å². The number of thiophene rings is 1. The van der Waals surface area contributed by atoms with Gasteiger partial charge in [-0.15, -0.1) is 23.1 Å². The number of hydrogen-bond acceptors (Lipinski definition) is 5. The second kappa shape index (κ2) is 8.82. The van der Waals surface area contributed by atoms with E-state index in [1.807, 2.05) is 0 Å². The van der Waals surface area contributed by atoms with Crippen molar-refractivity contribution in [2.45, 2.75) is 15.3 Å². The molecule has 0 saturated heterocycles. The summed E-state index contributed by atoms with van der Waals surface area (Å²) in [6.45, 7) is -0.504. The number of amides is 1. The van der Waals surface area contributed by atoms with Crippen molar-refractivity contribution in [1.29, 1.82) is 0 Å². The number of halogens is 4. The van der Waals surface area contributed by atoms with Crippen LogP contribution in [0.4, 0.5) is 18.9 Å². The first-order chi connectivity index (χ1) is 12.5. The largest absolute Gasteiger partial charge is 0.398 e. The number of benzene rings is 1. The zero-order chi connectivity index (χ0) is 20.2. The van der Waals surface area contributed by atoms with E-state index < -0.39 is 34.4 Å². The van der Waals surface area contributed by atoms with Crippen molar-refractivity contribution in [2.75, 3.05) is 24.7 Å². The number of rotatable bonds is 7. The van der Waals surface area contributed by atoms with Gasteiger partial charge in [0.25, 0.3) is 10.0 Å². The lowest BCUT2D eigenvalue weighted by molar-refractivity contribution is -0.116. The molecule has 0 aliphatic carbocycles. The van der Waals surface area contributed by atoms with E-state index in [9.17, 15) is 26.4 Å². The van der Waals surface area contributed by atoms with Crippen LogP contribution in [-0.2, 0) is 14.8 Å². The molecule has 1 heterocycles. The Morgan fingerprint density at radius 1 is 1.26 bits per heavy atom. The van der Waals surface area contributed by atoms with E-state index in [2.05, 4.69) is 5.32 Å². The highest BCUT2D eigenvalue weighted by atomic mass is 35.5. The molecule has 0 aliphatic rings. The van der Waals surface area contributed by atoms with E-state index in [0.717, 1.165) is 15.6 Å². The predicted octanol–water partition coefficient (Wildman–Crippen LogP) is 4.32. The smallest absolute Gasteiger partial charge is 0.324 e. The fourth-order valence-electron chi connectivity index (χ4n) is 1.92. The third kappa shape index (κ3) is 6.39. The van der Waals surface area contributed by atoms with Crippen LogP contribution in [0.3, 0.4) is 0 Å². The fourth-order valence-corrected chi connectivity index (χ4v) is 5.51. The van der Waals surface area contributed by atoms with Crippen molar-refractivity contribution in [1.82, 2.24) is 4.31 Å². The third-order valence-electron chi connectivity index (χ3n) is 3.13. The van der Waals surface area contributed by atoms with E-state index in [-0.39, 0.29) is 14.8 Å². The molecule has 148 valence electrons. The van der Waals surface area contributed by atoms with Gasteiger partial charge in [0.2, 0.25) is 5.91 Å². The summed E-state index contributed by atoms with van der Waals surface area (Å²) in [4.78, 5) is 12.4. The highest BCUT2D eigenvalue weighted by Crippen LogP contribution is 2.32. The molecule has 1 amide bonds. The molecule has 1 aromatic heterocycles. The Bertz CT molecular complexity index is 916. The van der Waals surface area contributed by atoms with Crippen LogP contribution in [0.15, 0.2) is 45.5 Å². The van der Waals surface area contributed by atoms with Crippen molar-refractivity contribution in [3.05, 3.63) is 40.7 Å². The molecule has 27 heavy (non-hydrogen) atoms. The number of thioether (sulfide) groups is 1. The standard InChI is InChI=1S/C15H14ClF3N2O3S3/c1-21(27(23,24)14-7-6-12(16)26-14)8-13(22)20-10-4-2-3-5-11(10)25-9-15(17,18)19/h2-7H,8-9H2,1H3,(H,20,22). The molecule has 2 aromatic rings. The Morgan fingerprint density at radius 3 is 2.52 bits per heavy atom. The molecule has 0 radical (unpaired) electrons. The van der Waals surface area contributed by atoms with Gasteiger partial charge in [0.05, 0.1) is 22.3 Å². The molecule has 5 nitrogen and oxygen atoms in total. The maximum Gasteiger partial charge on any atom is 0.398 e. The normalized spacial score (nSPS) is 12.4. The molecule has 0 bridgehead atoms. The highest BCUT2D eigenvalue weighted by molar-refractivity contribution is 7.99. The van der Waals surface area contributed by atoms with E-state index in [0.29, 0.717) is 16.1 Å². The van der Waals surface area contributed by atoms with Crippen LogP contribution in [0, 0.1) is 0 Å². The number of sulfonamides is 1. The monoisotopic (exact) mass is 458 g/mol. The van der Waals surface area contributed by atoms with Crippen molar-refractivity contribution >= 4 is 56.3 Å². The molecule has 0 fully saturated rings. The van der Waals surface area contributed by atoms with Gasteiger partial charge in [-0.2, -0.15) is 17.5 Å². The number of anilines is 1. The highest BCUT2D eigenvalue weighted by Gasteiger charge is 2.28. The quantitative estimate of drug-likeness (QED) is 0.628. The number of nitrogens with zero attached hydrogens (tertiary/aromatic N) is 1. The second-order valence-corrected chi connectivity index (χ2v) is 10.3. The lowest BCUT2D eigenvalue weighted by Gasteiger charge is -2.17. The summed E-state index contributed by atoms with van der Waals surface area (Å²) in [6, 6.07) is 8.76. The number of hydrogen-bond donors (Lipinski definition) is 1. The molecule has 2 rings (SSSR count). The average Bonchev–Trinajstić information content (AvgIpc) is 3.00. The Hall–Kier alpha value is -1.27. The Labute approximate surface area is 167 Å². The van der Waals surface area contributed by atoms with Crippen LogP contribution in [0.2, 0.25) is 4.34 Å². The summed E-state index contributed by atoms with van der Waals surface area (Å²) < 4.78 is 63.1. The van der Waals surface area contributed by atoms with E-state index in [1.165, 1.54) is 31.3 Å². The van der Waals surface area contributed by atoms with Gasteiger partial charge in [0.1, 0.15) is 4.21 Å². The minimum Gasteiger partial charge on any atom is -0.324 e. The van der Waals surface area contributed by atoms with Gasteiger partial charge in [0.15, 0.2) is 0 Å². The molecule has 0 atom stereocenters. The number of carbonyl (C=O) groups is 1. The Balaban J connectivity index is 2.05. The molecular weight excluding hydrogens is 445 g/mol. The van der Waals surface area contributed by atoms with Crippen LogP contribution in [0.25, 0.3) is 0 Å². The molecule has 0 saturated carbocycles. The first kappa shape index (κ1) is 22.0. The third-order valence-corrected chi connectivity index (χ3v) is 7.77. The van der Waals surface area contributed by atoms with Gasteiger partial charge < -0.3 is 5.32 Å². The van der Waals surface area contributed by atoms with Gasteiger partial charge >= 0.3 is 6.18 Å². The molecular formula is C15H14ClF3N2O3S3. The van der Waals surface area contributed by atoms with Crippen LogP contribution >= 0.6 is 34.7 Å². The van der Waals surface area contributed by atoms with Crippen LogP contribution in [-0.4, -0.2) is 44.2 Å². The predicted molar refractivity (Wildman–Crippen MR) is 101 cm³/mol. The fraction of sp³-hybridized carbons (Fsp3) is 0.267. The molecule has 0 unspecified atom stereocenters. The van der Waals surface area contributed by atoms with E-state index in [4.69, 9.17) is 11.6 Å². The number of para-hydroxylation sites is 1.